The zero-order chi connectivity index (χ0) is 30.9. The summed E-state index contributed by atoms with van der Waals surface area (Å²) in [6, 6.07) is 14.1. The Balaban J connectivity index is 1.27. The van der Waals surface area contributed by atoms with Crippen molar-refractivity contribution in [2.24, 2.45) is 24.8 Å². The highest BCUT2D eigenvalue weighted by Crippen LogP contribution is 2.39. The Morgan fingerprint density at radius 3 is 2.50 bits per heavy atom. The van der Waals surface area contributed by atoms with Crippen molar-refractivity contribution in [2.75, 3.05) is 0 Å². The Morgan fingerprint density at radius 1 is 1.05 bits per heavy atom. The van der Waals surface area contributed by atoms with Crippen molar-refractivity contribution in [1.29, 1.82) is 0 Å². The molecule has 0 bridgehead atoms. The van der Waals surface area contributed by atoms with Crippen LogP contribution in [0.1, 0.15) is 86.6 Å². The summed E-state index contributed by atoms with van der Waals surface area (Å²) in [6.45, 7) is 5.00. The number of rotatable bonds is 12. The van der Waals surface area contributed by atoms with Crippen LogP contribution in [0.25, 0.3) is 11.1 Å². The van der Waals surface area contributed by atoms with E-state index in [0.717, 1.165) is 90.8 Å². The lowest BCUT2D eigenvalue weighted by molar-refractivity contribution is -0.124. The molecule has 1 fully saturated rings. The molecule has 0 aliphatic heterocycles. The van der Waals surface area contributed by atoms with Gasteiger partial charge in [-0.05, 0) is 67.9 Å². The van der Waals surface area contributed by atoms with Gasteiger partial charge in [-0.15, -0.1) is 6.42 Å². The van der Waals surface area contributed by atoms with Gasteiger partial charge in [-0.25, -0.2) is 9.97 Å². The molecule has 5 rings (SSSR count). The van der Waals surface area contributed by atoms with Crippen LogP contribution in [0.2, 0.25) is 0 Å². The van der Waals surface area contributed by atoms with Gasteiger partial charge >= 0.3 is 0 Å². The van der Waals surface area contributed by atoms with Gasteiger partial charge in [0, 0.05) is 49.7 Å². The summed E-state index contributed by atoms with van der Waals surface area (Å²) < 4.78 is 1.78. The van der Waals surface area contributed by atoms with Crippen molar-refractivity contribution in [2.45, 2.75) is 77.7 Å². The molecule has 1 amide bonds. The Morgan fingerprint density at radius 2 is 1.84 bits per heavy atom. The molecule has 4 aromatic rings. The second-order valence-corrected chi connectivity index (χ2v) is 12.4. The first-order chi connectivity index (χ1) is 21.4. The summed E-state index contributed by atoms with van der Waals surface area (Å²) in [5, 5.41) is 7.49. The van der Waals surface area contributed by atoms with E-state index in [1.165, 1.54) is 0 Å². The number of amides is 1. The Hall–Kier alpha value is -4.31. The number of terminal acetylenes is 1. The quantitative estimate of drug-likeness (QED) is 0.187. The van der Waals surface area contributed by atoms with E-state index < -0.39 is 0 Å². The minimum atomic E-state index is -0.305. The van der Waals surface area contributed by atoms with Gasteiger partial charge in [-0.3, -0.25) is 14.5 Å². The van der Waals surface area contributed by atoms with Gasteiger partial charge in [0.15, 0.2) is 0 Å². The van der Waals surface area contributed by atoms with Gasteiger partial charge in [0.1, 0.15) is 5.82 Å². The SMILES string of the molecule is C#Cc1cnc(CC2CCC(C(C(=O)NCc3ccccc3)c3ccc(-c4cnn(C)c4)cn3)CC2)nc1CCC(C)CC. The fraction of sp³-hybridized carbons (Fsp3) is 0.432. The first-order valence-electron chi connectivity index (χ1n) is 16.0. The van der Waals surface area contributed by atoms with Crippen molar-refractivity contribution >= 4 is 5.91 Å². The minimum absolute atomic E-state index is 0.0399. The van der Waals surface area contributed by atoms with Crippen LogP contribution in [-0.2, 0) is 31.2 Å². The largest absolute Gasteiger partial charge is 0.351 e. The van der Waals surface area contributed by atoms with Gasteiger partial charge in [0.25, 0.3) is 0 Å². The van der Waals surface area contributed by atoms with Crippen LogP contribution in [0.4, 0.5) is 0 Å². The molecule has 228 valence electrons. The van der Waals surface area contributed by atoms with E-state index in [-0.39, 0.29) is 17.7 Å². The number of nitrogens with one attached hydrogen (secondary N) is 1. The van der Waals surface area contributed by atoms with Crippen molar-refractivity contribution in [3.63, 3.8) is 0 Å². The topological polar surface area (TPSA) is 85.6 Å². The molecular formula is C37H44N6O. The first-order valence-corrected chi connectivity index (χ1v) is 16.0. The molecule has 44 heavy (non-hydrogen) atoms. The summed E-state index contributed by atoms with van der Waals surface area (Å²) in [7, 11) is 1.90. The number of carbonyl (C=O) groups excluding carboxylic acids is 1. The third-order valence-electron chi connectivity index (χ3n) is 9.21. The molecule has 7 heteroatoms. The number of aryl methyl sites for hydroxylation is 2. The summed E-state index contributed by atoms with van der Waals surface area (Å²) in [5.74, 6) is 4.74. The third-order valence-corrected chi connectivity index (χ3v) is 9.21. The number of aromatic nitrogens is 5. The van der Waals surface area contributed by atoms with E-state index >= 15 is 0 Å². The molecule has 7 nitrogen and oxygen atoms in total. The van der Waals surface area contributed by atoms with Gasteiger partial charge in [-0.1, -0.05) is 62.6 Å². The van der Waals surface area contributed by atoms with E-state index in [9.17, 15) is 4.79 Å². The molecule has 1 aromatic carbocycles. The Labute approximate surface area is 262 Å². The molecule has 0 radical (unpaired) electrons. The lowest BCUT2D eigenvalue weighted by Gasteiger charge is -2.33. The van der Waals surface area contributed by atoms with Gasteiger partial charge in [-0.2, -0.15) is 5.10 Å². The molecule has 1 aliphatic carbocycles. The summed E-state index contributed by atoms with van der Waals surface area (Å²) >= 11 is 0. The second-order valence-electron chi connectivity index (χ2n) is 12.4. The number of hydrogen-bond acceptors (Lipinski definition) is 5. The number of carbonyl (C=O) groups is 1. The Bertz CT molecular complexity index is 1550. The van der Waals surface area contributed by atoms with Crippen LogP contribution in [0.15, 0.2) is 67.3 Å². The van der Waals surface area contributed by atoms with Crippen molar-refractivity contribution < 1.29 is 4.79 Å². The standard InChI is InChI=1S/C37H44N6O/c1-5-26(3)12-18-33-29(6-2)22-39-35(42-33)20-27-13-15-30(16-14-27)36(37(44)40-21-28-10-8-7-9-11-28)34-19-17-31(23-38-34)32-24-41-43(4)25-32/h2,7-11,17,19,22-27,30,36H,5,12-16,18,20-21H2,1,3-4H3,(H,40,44). The lowest BCUT2D eigenvalue weighted by Crippen LogP contribution is -2.35. The molecule has 3 heterocycles. The number of nitrogens with zero attached hydrogens (tertiary/aromatic N) is 5. The van der Waals surface area contributed by atoms with Crippen LogP contribution in [0.3, 0.4) is 0 Å². The van der Waals surface area contributed by atoms with Crippen molar-refractivity contribution in [3.8, 4) is 23.5 Å². The fourth-order valence-electron chi connectivity index (χ4n) is 6.25. The smallest absolute Gasteiger partial charge is 0.229 e. The van der Waals surface area contributed by atoms with Crippen LogP contribution in [-0.4, -0.2) is 30.6 Å². The van der Waals surface area contributed by atoms with Crippen LogP contribution >= 0.6 is 0 Å². The number of pyridine rings is 1. The Kier molecular flexibility index (Phi) is 10.6. The van der Waals surface area contributed by atoms with Gasteiger partial charge in [0.2, 0.25) is 5.91 Å². The van der Waals surface area contributed by atoms with Crippen LogP contribution in [0.5, 0.6) is 0 Å². The molecule has 2 unspecified atom stereocenters. The molecule has 0 spiro atoms. The average Bonchev–Trinajstić information content (AvgIpc) is 3.50. The number of hydrogen-bond donors (Lipinski definition) is 1. The highest BCUT2D eigenvalue weighted by Gasteiger charge is 2.34. The third kappa shape index (κ3) is 7.99. The molecule has 0 saturated heterocycles. The van der Waals surface area contributed by atoms with Crippen molar-refractivity contribution in [1.82, 2.24) is 30.0 Å². The van der Waals surface area contributed by atoms with E-state index in [4.69, 9.17) is 16.4 Å². The van der Waals surface area contributed by atoms with E-state index in [2.05, 4.69) is 41.2 Å². The zero-order valence-corrected chi connectivity index (χ0v) is 26.2. The minimum Gasteiger partial charge on any atom is -0.351 e. The molecule has 1 N–H and O–H groups in total. The van der Waals surface area contributed by atoms with Crippen LogP contribution < -0.4 is 5.32 Å². The maximum atomic E-state index is 13.8. The summed E-state index contributed by atoms with van der Waals surface area (Å²) in [4.78, 5) is 28.2. The predicted octanol–water partition coefficient (Wildman–Crippen LogP) is 6.68. The maximum absolute atomic E-state index is 13.8. The molecule has 3 aromatic heterocycles. The number of benzene rings is 1. The van der Waals surface area contributed by atoms with Crippen LogP contribution in [0, 0.1) is 30.1 Å². The highest BCUT2D eigenvalue weighted by molar-refractivity contribution is 5.83. The molecule has 1 saturated carbocycles. The molecular weight excluding hydrogens is 544 g/mol. The lowest BCUT2D eigenvalue weighted by atomic mass is 9.73. The van der Waals surface area contributed by atoms with E-state index in [1.807, 2.05) is 68.2 Å². The first kappa shape index (κ1) is 31.1. The van der Waals surface area contributed by atoms with E-state index in [0.29, 0.717) is 18.4 Å². The monoisotopic (exact) mass is 588 g/mol. The van der Waals surface area contributed by atoms with Gasteiger partial charge in [0.05, 0.1) is 29.1 Å². The summed E-state index contributed by atoms with van der Waals surface area (Å²) in [6.07, 6.45) is 21.2. The fourth-order valence-corrected chi connectivity index (χ4v) is 6.25. The molecule has 1 aliphatic rings. The zero-order valence-electron chi connectivity index (χ0n) is 26.2. The van der Waals surface area contributed by atoms with Gasteiger partial charge < -0.3 is 5.32 Å². The second kappa shape index (κ2) is 14.9. The molecule has 2 atom stereocenters. The summed E-state index contributed by atoms with van der Waals surface area (Å²) in [5.41, 5.74) is 5.73. The van der Waals surface area contributed by atoms with Crippen molar-refractivity contribution in [3.05, 3.63) is 95.6 Å². The average molecular weight is 589 g/mol. The predicted molar refractivity (Wildman–Crippen MR) is 174 cm³/mol. The maximum Gasteiger partial charge on any atom is 0.229 e. The highest BCUT2D eigenvalue weighted by atomic mass is 16.1. The van der Waals surface area contributed by atoms with E-state index in [1.54, 1.807) is 4.68 Å². The normalized spacial score (nSPS) is 17.9.